The molecule has 0 amide bonds. The van der Waals surface area contributed by atoms with E-state index < -0.39 is 0 Å². The molecule has 2 aromatic carbocycles. The monoisotopic (exact) mass is 331 g/mol. The Hall–Kier alpha value is -2.39. The topological polar surface area (TPSA) is 19.4 Å². The molecule has 25 heavy (non-hydrogen) atoms. The van der Waals surface area contributed by atoms with Gasteiger partial charge in [-0.25, -0.2) is 4.98 Å². The van der Waals surface area contributed by atoms with E-state index in [9.17, 15) is 0 Å². The van der Waals surface area contributed by atoms with Crippen molar-refractivity contribution < 1.29 is 0 Å². The summed E-state index contributed by atoms with van der Waals surface area (Å²) in [4.78, 5) is 9.69. The first-order valence-corrected chi connectivity index (χ1v) is 8.95. The van der Waals surface area contributed by atoms with Crippen LogP contribution in [-0.2, 0) is 0 Å². The van der Waals surface area contributed by atoms with E-state index in [-0.39, 0.29) is 0 Å². The molecule has 1 aliphatic rings. The minimum Gasteiger partial charge on any atom is -0.354 e. The number of para-hydroxylation sites is 1. The third kappa shape index (κ3) is 3.12. The molecule has 0 saturated carbocycles. The van der Waals surface area contributed by atoms with Gasteiger partial charge in [-0.1, -0.05) is 48.0 Å². The van der Waals surface area contributed by atoms with Crippen LogP contribution in [0.4, 0.5) is 5.82 Å². The van der Waals surface area contributed by atoms with Crippen molar-refractivity contribution >= 4 is 16.7 Å². The van der Waals surface area contributed by atoms with Gasteiger partial charge in [-0.15, -0.1) is 0 Å². The molecule has 128 valence electrons. The number of pyridine rings is 1. The molecule has 3 nitrogen and oxygen atoms in total. The summed E-state index contributed by atoms with van der Waals surface area (Å²) in [5.74, 6) is 1.59. The number of hydrogen-bond donors (Lipinski definition) is 0. The molecule has 2 heterocycles. The molecule has 0 aliphatic carbocycles. The number of rotatable bonds is 3. The number of aromatic nitrogens is 1. The molecule has 1 saturated heterocycles. The second-order valence-corrected chi connectivity index (χ2v) is 7.32. The standard InChI is InChI=1S/C22H25N3/c1-16-8-10-17(11-9-16)19-14-25(15-21(19)24(2)3)22-13-12-18-6-4-5-7-20(18)23-22/h4-13,19,21H,14-15H2,1-3H3. The van der Waals surface area contributed by atoms with Gasteiger partial charge in [0, 0.05) is 30.4 Å². The lowest BCUT2D eigenvalue weighted by Crippen LogP contribution is -2.34. The van der Waals surface area contributed by atoms with Crippen molar-refractivity contribution in [3.8, 4) is 0 Å². The van der Waals surface area contributed by atoms with Crippen LogP contribution >= 0.6 is 0 Å². The molecular formula is C22H25N3. The van der Waals surface area contributed by atoms with Crippen LogP contribution in [0.1, 0.15) is 17.0 Å². The lowest BCUT2D eigenvalue weighted by atomic mass is 9.93. The Morgan fingerprint density at radius 3 is 2.44 bits per heavy atom. The van der Waals surface area contributed by atoms with E-state index in [1.54, 1.807) is 0 Å². The normalized spacial score (nSPS) is 20.6. The predicted molar refractivity (Wildman–Crippen MR) is 105 cm³/mol. The highest BCUT2D eigenvalue weighted by molar-refractivity contribution is 5.80. The molecule has 1 aliphatic heterocycles. The van der Waals surface area contributed by atoms with E-state index in [0.29, 0.717) is 12.0 Å². The summed E-state index contributed by atoms with van der Waals surface area (Å²) in [7, 11) is 4.37. The Morgan fingerprint density at radius 2 is 1.68 bits per heavy atom. The largest absolute Gasteiger partial charge is 0.354 e. The van der Waals surface area contributed by atoms with Crippen LogP contribution in [0, 0.1) is 6.92 Å². The highest BCUT2D eigenvalue weighted by Gasteiger charge is 2.35. The van der Waals surface area contributed by atoms with Crippen molar-refractivity contribution in [3.05, 3.63) is 71.8 Å². The van der Waals surface area contributed by atoms with Crippen LogP contribution in [0.25, 0.3) is 10.9 Å². The minimum absolute atomic E-state index is 0.496. The minimum atomic E-state index is 0.496. The Kier molecular flexibility index (Phi) is 4.18. The first kappa shape index (κ1) is 16.1. The van der Waals surface area contributed by atoms with E-state index in [1.807, 2.05) is 0 Å². The highest BCUT2D eigenvalue weighted by Crippen LogP contribution is 2.33. The van der Waals surface area contributed by atoms with Crippen LogP contribution in [0.2, 0.25) is 0 Å². The number of fused-ring (bicyclic) bond motifs is 1. The molecule has 0 N–H and O–H groups in total. The Balaban J connectivity index is 1.65. The van der Waals surface area contributed by atoms with Crippen molar-refractivity contribution in [2.45, 2.75) is 18.9 Å². The quantitative estimate of drug-likeness (QED) is 0.721. The maximum absolute atomic E-state index is 4.90. The first-order chi connectivity index (χ1) is 12.1. The second-order valence-electron chi connectivity index (χ2n) is 7.32. The van der Waals surface area contributed by atoms with Gasteiger partial charge in [-0.05, 0) is 44.8 Å². The number of benzene rings is 2. The summed E-state index contributed by atoms with van der Waals surface area (Å²) < 4.78 is 0. The molecule has 0 bridgehead atoms. The third-order valence-electron chi connectivity index (χ3n) is 5.37. The number of aryl methyl sites for hydroxylation is 1. The predicted octanol–water partition coefficient (Wildman–Crippen LogP) is 4.08. The summed E-state index contributed by atoms with van der Waals surface area (Å²) in [5.41, 5.74) is 3.81. The summed E-state index contributed by atoms with van der Waals surface area (Å²) in [6.07, 6.45) is 0. The van der Waals surface area contributed by atoms with Crippen molar-refractivity contribution in [3.63, 3.8) is 0 Å². The zero-order chi connectivity index (χ0) is 17.4. The van der Waals surface area contributed by atoms with Crippen molar-refractivity contribution in [1.29, 1.82) is 0 Å². The third-order valence-corrected chi connectivity index (χ3v) is 5.37. The maximum atomic E-state index is 4.90. The Bertz CT molecular complexity index is 870. The van der Waals surface area contributed by atoms with Gasteiger partial charge >= 0.3 is 0 Å². The van der Waals surface area contributed by atoms with Gasteiger partial charge in [-0.3, -0.25) is 0 Å². The highest BCUT2D eigenvalue weighted by atomic mass is 15.3. The Morgan fingerprint density at radius 1 is 0.920 bits per heavy atom. The molecule has 0 radical (unpaired) electrons. The summed E-state index contributed by atoms with van der Waals surface area (Å²) in [5, 5.41) is 1.20. The lowest BCUT2D eigenvalue weighted by Gasteiger charge is -2.25. The van der Waals surface area contributed by atoms with Gasteiger partial charge in [-0.2, -0.15) is 0 Å². The summed E-state index contributed by atoms with van der Waals surface area (Å²) in [6, 6.07) is 22.2. The van der Waals surface area contributed by atoms with E-state index in [0.717, 1.165) is 24.4 Å². The van der Waals surface area contributed by atoms with E-state index >= 15 is 0 Å². The average Bonchev–Trinajstić information content (AvgIpc) is 3.07. The molecule has 4 rings (SSSR count). The lowest BCUT2D eigenvalue weighted by molar-refractivity contribution is 0.292. The van der Waals surface area contributed by atoms with Crippen LogP contribution < -0.4 is 4.90 Å². The van der Waals surface area contributed by atoms with Crippen molar-refractivity contribution in [2.75, 3.05) is 32.1 Å². The number of nitrogens with zero attached hydrogens (tertiary/aromatic N) is 3. The van der Waals surface area contributed by atoms with Crippen LogP contribution in [0.3, 0.4) is 0 Å². The van der Waals surface area contributed by atoms with Crippen LogP contribution in [0.5, 0.6) is 0 Å². The fourth-order valence-corrected chi connectivity index (χ4v) is 3.87. The fraction of sp³-hybridized carbons (Fsp3) is 0.318. The number of anilines is 1. The zero-order valence-corrected chi connectivity index (χ0v) is 15.2. The molecule has 2 atom stereocenters. The molecule has 1 fully saturated rings. The summed E-state index contributed by atoms with van der Waals surface area (Å²) in [6.45, 7) is 4.17. The number of likely N-dealkylation sites (N-methyl/N-ethyl adjacent to an activating group) is 1. The van der Waals surface area contributed by atoms with E-state index in [4.69, 9.17) is 4.98 Å². The fourth-order valence-electron chi connectivity index (χ4n) is 3.87. The van der Waals surface area contributed by atoms with Gasteiger partial charge in [0.15, 0.2) is 0 Å². The average molecular weight is 331 g/mol. The molecule has 3 aromatic rings. The number of hydrogen-bond acceptors (Lipinski definition) is 3. The zero-order valence-electron chi connectivity index (χ0n) is 15.2. The van der Waals surface area contributed by atoms with Gasteiger partial charge in [0.25, 0.3) is 0 Å². The maximum Gasteiger partial charge on any atom is 0.129 e. The second kappa shape index (κ2) is 6.49. The van der Waals surface area contributed by atoms with Crippen molar-refractivity contribution in [1.82, 2.24) is 9.88 Å². The van der Waals surface area contributed by atoms with Gasteiger partial charge in [0.05, 0.1) is 5.52 Å². The van der Waals surface area contributed by atoms with Crippen LogP contribution in [0.15, 0.2) is 60.7 Å². The summed E-state index contributed by atoms with van der Waals surface area (Å²) >= 11 is 0. The first-order valence-electron chi connectivity index (χ1n) is 8.95. The van der Waals surface area contributed by atoms with E-state index in [1.165, 1.54) is 16.5 Å². The molecule has 2 unspecified atom stereocenters. The van der Waals surface area contributed by atoms with Gasteiger partial charge in [0.1, 0.15) is 5.82 Å². The smallest absolute Gasteiger partial charge is 0.129 e. The van der Waals surface area contributed by atoms with Gasteiger partial charge in [0.2, 0.25) is 0 Å². The van der Waals surface area contributed by atoms with E-state index in [2.05, 4.69) is 91.5 Å². The molecule has 1 aromatic heterocycles. The molecule has 3 heteroatoms. The SMILES string of the molecule is Cc1ccc(C2CN(c3ccc4ccccc4n3)CC2N(C)C)cc1. The van der Waals surface area contributed by atoms with Crippen molar-refractivity contribution in [2.24, 2.45) is 0 Å². The Labute approximate surface area is 149 Å². The van der Waals surface area contributed by atoms with Crippen LogP contribution in [-0.4, -0.2) is 43.1 Å². The molecular weight excluding hydrogens is 306 g/mol. The van der Waals surface area contributed by atoms with Gasteiger partial charge < -0.3 is 9.80 Å². The molecule has 0 spiro atoms.